The lowest BCUT2D eigenvalue weighted by atomic mass is 10.3. The van der Waals surface area contributed by atoms with Crippen molar-refractivity contribution >= 4 is 0 Å². The molecule has 0 aromatic rings. The molecule has 0 saturated carbocycles. The fourth-order valence-electron chi connectivity index (χ4n) is 0.817. The van der Waals surface area contributed by atoms with Gasteiger partial charge in [0.15, 0.2) is 0 Å². The Balaban J connectivity index is 2.82. The van der Waals surface area contributed by atoms with Crippen LogP contribution in [0.2, 0.25) is 0 Å². The highest BCUT2D eigenvalue weighted by Crippen LogP contribution is 1.85. The lowest BCUT2D eigenvalue weighted by Crippen LogP contribution is -1.53. The third kappa shape index (κ3) is 5.62. The molecule has 0 amide bonds. The van der Waals surface area contributed by atoms with Crippen molar-refractivity contribution in [2.45, 2.75) is 0 Å². The van der Waals surface area contributed by atoms with Crippen molar-refractivity contribution in [1.29, 1.82) is 0 Å². The normalized spacial score (nSPS) is 26.3. The Bertz CT molecular complexity index is 348. The first kappa shape index (κ1) is 10.1. The van der Waals surface area contributed by atoms with E-state index in [0.29, 0.717) is 0 Å². The second-order valence-corrected chi connectivity index (χ2v) is 2.55. The molecular weight excluding hydrogens is 168 g/mol. The molecule has 0 heteroatoms. The Labute approximate surface area is 85.0 Å². The quantitative estimate of drug-likeness (QED) is 0.499. The summed E-state index contributed by atoms with van der Waals surface area (Å²) in [5.74, 6) is 0. The van der Waals surface area contributed by atoms with Crippen LogP contribution in [0.3, 0.4) is 0 Å². The molecule has 68 valence electrons. The molecule has 0 aliphatic heterocycles. The smallest absolute Gasteiger partial charge is 0.0115 e. The number of rotatable bonds is 0. The zero-order valence-corrected chi connectivity index (χ0v) is 7.93. The van der Waals surface area contributed by atoms with Gasteiger partial charge in [-0.2, -0.15) is 0 Å². The first-order valence-corrected chi connectivity index (χ1v) is 4.49. The summed E-state index contributed by atoms with van der Waals surface area (Å²) in [6, 6.07) is 0. The summed E-state index contributed by atoms with van der Waals surface area (Å²) in [6.45, 7) is 0. The minimum absolute atomic E-state index is 1.82. The van der Waals surface area contributed by atoms with Gasteiger partial charge in [-0.1, -0.05) is 72.2 Å². The van der Waals surface area contributed by atoms with Crippen LogP contribution >= 0.6 is 0 Å². The summed E-state index contributed by atoms with van der Waals surface area (Å²) in [4.78, 5) is 0. The van der Waals surface area contributed by atoms with Gasteiger partial charge in [-0.05, 0) is 12.2 Å². The summed E-state index contributed by atoms with van der Waals surface area (Å²) in [5, 5.41) is 0. The van der Waals surface area contributed by atoms with Crippen molar-refractivity contribution in [1.82, 2.24) is 0 Å². The maximum Gasteiger partial charge on any atom is -0.0115 e. The average Bonchev–Trinajstić information content (AvgIpc) is 2.22. The van der Waals surface area contributed by atoms with Gasteiger partial charge in [-0.25, -0.2) is 0 Å². The third-order valence-corrected chi connectivity index (χ3v) is 1.44. The fourth-order valence-corrected chi connectivity index (χ4v) is 0.817. The molecule has 1 aliphatic rings. The zero-order valence-electron chi connectivity index (χ0n) is 7.93. The zero-order chi connectivity index (χ0) is 9.90. The van der Waals surface area contributed by atoms with E-state index in [1.54, 1.807) is 0 Å². The van der Waals surface area contributed by atoms with E-state index in [4.69, 9.17) is 0 Å². The van der Waals surface area contributed by atoms with Crippen LogP contribution in [0, 0.1) is 0 Å². The van der Waals surface area contributed by atoms with Crippen LogP contribution in [-0.2, 0) is 0 Å². The Kier molecular flexibility index (Phi) is 5.50. The van der Waals surface area contributed by atoms with E-state index in [-0.39, 0.29) is 0 Å². The van der Waals surface area contributed by atoms with Crippen LogP contribution in [0.15, 0.2) is 84.4 Å². The molecule has 14 heavy (non-hydrogen) atoms. The van der Waals surface area contributed by atoms with Crippen molar-refractivity contribution in [3.63, 3.8) is 0 Å². The summed E-state index contributed by atoms with van der Waals surface area (Å²) in [7, 11) is 0. The van der Waals surface area contributed by atoms with Gasteiger partial charge in [0.05, 0.1) is 0 Å². The minimum atomic E-state index is 1.82. The van der Waals surface area contributed by atoms with E-state index in [1.807, 2.05) is 72.9 Å². The molecule has 0 radical (unpaired) electrons. The number of hydrogen-bond acceptors (Lipinski definition) is 0. The Hall–Kier alpha value is -2.00. The predicted molar refractivity (Wildman–Crippen MR) is 61.9 cm³/mol. The van der Waals surface area contributed by atoms with Gasteiger partial charge in [0.2, 0.25) is 0 Å². The Morgan fingerprint density at radius 2 is 0.643 bits per heavy atom. The minimum Gasteiger partial charge on any atom is -0.0702 e. The van der Waals surface area contributed by atoms with E-state index in [9.17, 15) is 0 Å². The van der Waals surface area contributed by atoms with E-state index in [1.165, 1.54) is 0 Å². The second kappa shape index (κ2) is 7.64. The average molecular weight is 180 g/mol. The van der Waals surface area contributed by atoms with E-state index in [0.717, 1.165) is 0 Å². The highest BCUT2D eigenvalue weighted by atomic mass is 13.7. The summed E-state index contributed by atoms with van der Waals surface area (Å²) >= 11 is 0. The Morgan fingerprint density at radius 3 is 1.00 bits per heavy atom. The molecule has 1 aliphatic carbocycles. The monoisotopic (exact) mass is 180 g/mol. The molecule has 0 N–H and O–H groups in total. The predicted octanol–water partition coefficient (Wildman–Crippen LogP) is 3.65. The van der Waals surface area contributed by atoms with E-state index < -0.39 is 0 Å². The van der Waals surface area contributed by atoms with Gasteiger partial charge in [0.1, 0.15) is 0 Å². The second-order valence-electron chi connectivity index (χ2n) is 2.55. The molecular formula is C14H12. The lowest BCUT2D eigenvalue weighted by molar-refractivity contribution is 1.83. The number of hydrogen-bond donors (Lipinski definition) is 0. The van der Waals surface area contributed by atoms with Gasteiger partial charge in [-0.3, -0.25) is 0 Å². The van der Waals surface area contributed by atoms with Crippen molar-refractivity contribution in [3.8, 4) is 0 Å². The SMILES string of the molecule is C1=C=C\C=C/C=C\C=C/C=C\C=C/C=1. The molecule has 0 bridgehead atoms. The molecule has 0 saturated heterocycles. The van der Waals surface area contributed by atoms with Crippen molar-refractivity contribution in [2.75, 3.05) is 0 Å². The molecule has 0 aromatic heterocycles. The highest BCUT2D eigenvalue weighted by molar-refractivity contribution is 5.21. The largest absolute Gasteiger partial charge is 0.0702 e. The fraction of sp³-hybridized carbons (Fsp3) is 0. The van der Waals surface area contributed by atoms with Crippen LogP contribution < -0.4 is 0 Å². The molecule has 0 atom stereocenters. The maximum absolute atomic E-state index is 2.89. The summed E-state index contributed by atoms with van der Waals surface area (Å²) < 4.78 is 0. The van der Waals surface area contributed by atoms with Crippen molar-refractivity contribution in [3.05, 3.63) is 84.4 Å². The van der Waals surface area contributed by atoms with Crippen molar-refractivity contribution in [2.24, 2.45) is 0 Å². The molecule has 0 spiro atoms. The standard InChI is InChI=1S/C14H12/c1-2-4-6-8-10-12-14-13-11-9-7-5-3-1/h1-12H/b2-1-,3-1?,4-2?,5-3-,6-4-,7-5?,8-6?,9-7-,10-8-,11-9?,12-10?. The van der Waals surface area contributed by atoms with Gasteiger partial charge in [0.25, 0.3) is 0 Å². The molecule has 1 rings (SSSR count). The lowest BCUT2D eigenvalue weighted by Gasteiger charge is -1.74. The third-order valence-electron chi connectivity index (χ3n) is 1.44. The van der Waals surface area contributed by atoms with Gasteiger partial charge >= 0.3 is 0 Å². The molecule has 0 heterocycles. The van der Waals surface area contributed by atoms with Crippen LogP contribution in [0.1, 0.15) is 0 Å². The molecule has 0 nitrogen and oxygen atoms in total. The van der Waals surface area contributed by atoms with E-state index >= 15 is 0 Å². The summed E-state index contributed by atoms with van der Waals surface area (Å²) in [6.07, 6.45) is 23.2. The van der Waals surface area contributed by atoms with Gasteiger partial charge in [-0.15, -0.1) is 0 Å². The maximum atomic E-state index is 2.89. The first-order chi connectivity index (χ1) is 7.00. The summed E-state index contributed by atoms with van der Waals surface area (Å²) in [5.41, 5.74) is 5.79. The first-order valence-electron chi connectivity index (χ1n) is 4.49. The van der Waals surface area contributed by atoms with Gasteiger partial charge < -0.3 is 0 Å². The van der Waals surface area contributed by atoms with Crippen LogP contribution in [0.5, 0.6) is 0 Å². The van der Waals surface area contributed by atoms with Gasteiger partial charge in [0, 0.05) is 0 Å². The van der Waals surface area contributed by atoms with E-state index in [2.05, 4.69) is 11.5 Å². The van der Waals surface area contributed by atoms with Crippen LogP contribution in [0.4, 0.5) is 0 Å². The molecule has 0 fully saturated rings. The molecule has 0 unspecified atom stereocenters. The van der Waals surface area contributed by atoms with Crippen molar-refractivity contribution < 1.29 is 0 Å². The highest BCUT2D eigenvalue weighted by Gasteiger charge is 1.64. The van der Waals surface area contributed by atoms with Crippen LogP contribution in [0.25, 0.3) is 0 Å². The number of allylic oxidation sites excluding steroid dienone is 12. The Morgan fingerprint density at radius 1 is 0.357 bits per heavy atom. The van der Waals surface area contributed by atoms with Crippen LogP contribution in [-0.4, -0.2) is 0 Å². The topological polar surface area (TPSA) is 0 Å². The molecule has 0 aromatic carbocycles.